The molecule has 2 heterocycles. The highest BCUT2D eigenvalue weighted by Crippen LogP contribution is 2.31. The number of ketones is 1. The van der Waals surface area contributed by atoms with E-state index in [4.69, 9.17) is 9.47 Å². The van der Waals surface area contributed by atoms with Crippen LogP contribution in [0.3, 0.4) is 0 Å². The number of nitrogens with zero attached hydrogens (tertiary/aromatic N) is 2. The number of fused-ring (bicyclic) bond motifs is 1. The molecule has 0 saturated heterocycles. The van der Waals surface area contributed by atoms with Crippen LogP contribution in [0.5, 0.6) is 11.5 Å². The minimum Gasteiger partial charge on any atom is -0.490 e. The van der Waals surface area contributed by atoms with Crippen molar-refractivity contribution in [3.05, 3.63) is 41.7 Å². The normalized spacial score (nSPS) is 13.9. The van der Waals surface area contributed by atoms with Crippen molar-refractivity contribution >= 4 is 5.78 Å². The number of hydrogen-bond donors (Lipinski definition) is 0. The number of ether oxygens (including phenoxy) is 2. The van der Waals surface area contributed by atoms with Crippen molar-refractivity contribution in [1.29, 1.82) is 0 Å². The Labute approximate surface area is 110 Å². The zero-order chi connectivity index (χ0) is 13.2. The van der Waals surface area contributed by atoms with Gasteiger partial charge >= 0.3 is 0 Å². The number of aromatic nitrogens is 2. The third-order valence-corrected chi connectivity index (χ3v) is 2.98. The maximum atomic E-state index is 12.3. The van der Waals surface area contributed by atoms with Crippen LogP contribution in [-0.2, 0) is 7.05 Å². The van der Waals surface area contributed by atoms with Gasteiger partial charge in [-0.05, 0) is 18.2 Å². The molecule has 0 bridgehead atoms. The molecule has 0 saturated carbocycles. The maximum absolute atomic E-state index is 12.3. The Bertz CT molecular complexity index is 619. The molecule has 1 aliphatic heterocycles. The molecule has 0 N–H and O–H groups in total. The Balaban J connectivity index is 1.93. The summed E-state index contributed by atoms with van der Waals surface area (Å²) in [7, 11) is 1.78. The summed E-state index contributed by atoms with van der Waals surface area (Å²) < 4.78 is 12.7. The van der Waals surface area contributed by atoms with E-state index in [1.165, 1.54) is 0 Å². The molecule has 1 aromatic carbocycles. The van der Waals surface area contributed by atoms with Crippen LogP contribution in [0.2, 0.25) is 0 Å². The minimum absolute atomic E-state index is 0.0660. The number of benzene rings is 1. The van der Waals surface area contributed by atoms with Crippen LogP contribution in [0.25, 0.3) is 0 Å². The molecule has 19 heavy (non-hydrogen) atoms. The summed E-state index contributed by atoms with van der Waals surface area (Å²) in [6, 6.07) is 5.27. The van der Waals surface area contributed by atoms with Gasteiger partial charge in [-0.25, -0.2) is 0 Å². The van der Waals surface area contributed by atoms with Crippen molar-refractivity contribution in [2.24, 2.45) is 7.05 Å². The molecule has 98 valence electrons. The van der Waals surface area contributed by atoms with Crippen LogP contribution in [-0.4, -0.2) is 28.8 Å². The van der Waals surface area contributed by atoms with E-state index < -0.39 is 0 Å². The van der Waals surface area contributed by atoms with Crippen LogP contribution in [0, 0.1) is 0 Å². The third kappa shape index (κ3) is 2.31. The summed E-state index contributed by atoms with van der Waals surface area (Å²) in [4.78, 5) is 12.3. The number of rotatable bonds is 2. The largest absolute Gasteiger partial charge is 0.490 e. The first kappa shape index (κ1) is 11.8. The molecule has 0 aliphatic carbocycles. The van der Waals surface area contributed by atoms with E-state index in [0.29, 0.717) is 35.8 Å². The molecular formula is C14H14N2O3. The highest BCUT2D eigenvalue weighted by molar-refractivity contribution is 6.09. The first-order valence-corrected chi connectivity index (χ1v) is 6.17. The smallest absolute Gasteiger partial charge is 0.196 e. The van der Waals surface area contributed by atoms with Gasteiger partial charge in [-0.1, -0.05) is 0 Å². The highest BCUT2D eigenvalue weighted by Gasteiger charge is 2.16. The quantitative estimate of drug-likeness (QED) is 0.771. The summed E-state index contributed by atoms with van der Waals surface area (Å²) in [5, 5.41) is 4.01. The van der Waals surface area contributed by atoms with Crippen molar-refractivity contribution in [2.45, 2.75) is 6.42 Å². The molecule has 0 unspecified atom stereocenters. The molecular weight excluding hydrogens is 244 g/mol. The molecule has 5 nitrogen and oxygen atoms in total. The van der Waals surface area contributed by atoms with E-state index >= 15 is 0 Å². The lowest BCUT2D eigenvalue weighted by molar-refractivity contribution is 0.103. The Morgan fingerprint density at radius 3 is 2.74 bits per heavy atom. The van der Waals surface area contributed by atoms with Gasteiger partial charge in [-0.15, -0.1) is 0 Å². The van der Waals surface area contributed by atoms with Crippen LogP contribution < -0.4 is 9.47 Å². The molecule has 1 aliphatic rings. The second-order valence-electron chi connectivity index (χ2n) is 4.44. The van der Waals surface area contributed by atoms with Gasteiger partial charge in [0.2, 0.25) is 0 Å². The summed E-state index contributed by atoms with van der Waals surface area (Å²) in [6.07, 6.45) is 4.11. The van der Waals surface area contributed by atoms with Crippen molar-refractivity contribution < 1.29 is 14.3 Å². The summed E-state index contributed by atoms with van der Waals surface area (Å²) >= 11 is 0. The predicted molar refractivity (Wildman–Crippen MR) is 68.7 cm³/mol. The number of carbonyl (C=O) groups is 1. The summed E-state index contributed by atoms with van der Waals surface area (Å²) in [5.74, 6) is 1.26. The first-order chi connectivity index (χ1) is 9.24. The molecule has 2 aromatic rings. The summed E-state index contributed by atoms with van der Waals surface area (Å²) in [5.41, 5.74) is 1.15. The van der Waals surface area contributed by atoms with Gasteiger partial charge in [-0.2, -0.15) is 5.10 Å². The first-order valence-electron chi connectivity index (χ1n) is 6.17. The Morgan fingerprint density at radius 1 is 1.21 bits per heavy atom. The molecule has 0 radical (unpaired) electrons. The van der Waals surface area contributed by atoms with Crippen LogP contribution in [0.4, 0.5) is 0 Å². The molecule has 0 amide bonds. The fourth-order valence-electron chi connectivity index (χ4n) is 2.01. The maximum Gasteiger partial charge on any atom is 0.196 e. The molecule has 5 heteroatoms. The second-order valence-corrected chi connectivity index (χ2v) is 4.44. The molecule has 0 fully saturated rings. The molecule has 0 atom stereocenters. The Kier molecular flexibility index (Phi) is 2.95. The van der Waals surface area contributed by atoms with E-state index in [9.17, 15) is 4.79 Å². The summed E-state index contributed by atoms with van der Waals surface area (Å²) in [6.45, 7) is 1.25. The van der Waals surface area contributed by atoms with E-state index in [1.807, 2.05) is 0 Å². The van der Waals surface area contributed by atoms with E-state index in [2.05, 4.69) is 5.10 Å². The second kappa shape index (κ2) is 4.76. The van der Waals surface area contributed by atoms with Crippen LogP contribution in [0.15, 0.2) is 30.6 Å². The van der Waals surface area contributed by atoms with Crippen molar-refractivity contribution in [2.75, 3.05) is 13.2 Å². The monoisotopic (exact) mass is 258 g/mol. The van der Waals surface area contributed by atoms with Gasteiger partial charge < -0.3 is 9.47 Å². The predicted octanol–water partition coefficient (Wildman–Crippen LogP) is 1.81. The van der Waals surface area contributed by atoms with Gasteiger partial charge in [0, 0.05) is 25.2 Å². The SMILES string of the molecule is Cn1cc(C(=O)c2ccc3c(c2)OCCCO3)cn1. The average molecular weight is 258 g/mol. The van der Waals surface area contributed by atoms with Gasteiger partial charge in [0.25, 0.3) is 0 Å². The lowest BCUT2D eigenvalue weighted by Gasteiger charge is -2.08. The molecule has 1 aromatic heterocycles. The van der Waals surface area contributed by atoms with Gasteiger partial charge in [0.1, 0.15) is 0 Å². The molecule has 0 spiro atoms. The van der Waals surface area contributed by atoms with Crippen LogP contribution >= 0.6 is 0 Å². The topological polar surface area (TPSA) is 53.4 Å². The van der Waals surface area contributed by atoms with E-state index in [-0.39, 0.29) is 5.78 Å². The Morgan fingerprint density at radius 2 is 2.00 bits per heavy atom. The van der Waals surface area contributed by atoms with Gasteiger partial charge in [0.15, 0.2) is 17.3 Å². The highest BCUT2D eigenvalue weighted by atomic mass is 16.5. The van der Waals surface area contributed by atoms with Gasteiger partial charge in [-0.3, -0.25) is 9.48 Å². The average Bonchev–Trinajstić information content (AvgIpc) is 2.72. The number of aryl methyl sites for hydroxylation is 1. The fourth-order valence-corrected chi connectivity index (χ4v) is 2.01. The number of carbonyl (C=O) groups excluding carboxylic acids is 1. The van der Waals surface area contributed by atoms with Gasteiger partial charge in [0.05, 0.1) is 25.0 Å². The van der Waals surface area contributed by atoms with E-state index in [1.54, 1.807) is 42.3 Å². The molecule has 3 rings (SSSR count). The van der Waals surface area contributed by atoms with E-state index in [0.717, 1.165) is 6.42 Å². The fraction of sp³-hybridized carbons (Fsp3) is 0.286. The zero-order valence-corrected chi connectivity index (χ0v) is 10.6. The van der Waals surface area contributed by atoms with Crippen molar-refractivity contribution in [3.8, 4) is 11.5 Å². The number of hydrogen-bond acceptors (Lipinski definition) is 4. The zero-order valence-electron chi connectivity index (χ0n) is 10.6. The lowest BCUT2D eigenvalue weighted by Crippen LogP contribution is -2.01. The van der Waals surface area contributed by atoms with Crippen molar-refractivity contribution in [1.82, 2.24) is 9.78 Å². The Hall–Kier alpha value is -2.30. The lowest BCUT2D eigenvalue weighted by atomic mass is 10.1. The standard InChI is InChI=1S/C14H14N2O3/c1-16-9-11(8-15-16)14(17)10-3-4-12-13(7-10)19-6-2-5-18-12/h3-4,7-9H,2,5-6H2,1H3. The minimum atomic E-state index is -0.0660. The van der Waals surface area contributed by atoms with Crippen LogP contribution in [0.1, 0.15) is 22.3 Å². The third-order valence-electron chi connectivity index (χ3n) is 2.98. The van der Waals surface area contributed by atoms with Crippen molar-refractivity contribution in [3.63, 3.8) is 0 Å².